The summed E-state index contributed by atoms with van der Waals surface area (Å²) >= 11 is 1.37. The molecule has 2 aromatic carbocycles. The van der Waals surface area contributed by atoms with Gasteiger partial charge in [0.15, 0.2) is 0 Å². The fourth-order valence-corrected chi connectivity index (χ4v) is 4.36. The monoisotopic (exact) mass is 411 g/mol. The topological polar surface area (TPSA) is 45.7 Å². The number of carbonyl (C=O) groups excluding carboxylic acids is 1. The van der Waals surface area contributed by atoms with Gasteiger partial charge < -0.3 is 14.5 Å². The van der Waals surface area contributed by atoms with E-state index in [9.17, 15) is 9.18 Å². The zero-order valence-electron chi connectivity index (χ0n) is 16.2. The van der Waals surface area contributed by atoms with Crippen molar-refractivity contribution in [3.8, 4) is 16.3 Å². The van der Waals surface area contributed by atoms with Gasteiger partial charge in [0.05, 0.1) is 13.5 Å². The molecule has 0 bridgehead atoms. The van der Waals surface area contributed by atoms with Crippen LogP contribution in [0.15, 0.2) is 54.7 Å². The van der Waals surface area contributed by atoms with Crippen LogP contribution in [0, 0.1) is 5.82 Å². The van der Waals surface area contributed by atoms with Gasteiger partial charge in [0, 0.05) is 54.6 Å². The summed E-state index contributed by atoms with van der Waals surface area (Å²) in [6.45, 7) is 2.91. The molecule has 0 radical (unpaired) electrons. The van der Waals surface area contributed by atoms with Crippen LogP contribution in [0.25, 0.3) is 10.6 Å². The predicted molar refractivity (Wildman–Crippen MR) is 113 cm³/mol. The minimum Gasteiger partial charge on any atom is -0.497 e. The number of carbonyl (C=O) groups is 1. The molecule has 0 saturated carbocycles. The summed E-state index contributed by atoms with van der Waals surface area (Å²) in [7, 11) is 1.66. The van der Waals surface area contributed by atoms with Crippen molar-refractivity contribution in [2.45, 2.75) is 6.42 Å². The zero-order valence-corrected chi connectivity index (χ0v) is 17.0. The van der Waals surface area contributed by atoms with E-state index in [-0.39, 0.29) is 11.7 Å². The Balaban J connectivity index is 1.35. The number of anilines is 1. The van der Waals surface area contributed by atoms with Gasteiger partial charge in [0.2, 0.25) is 5.91 Å². The highest BCUT2D eigenvalue weighted by atomic mass is 32.1. The molecule has 0 aliphatic carbocycles. The molecule has 1 aromatic heterocycles. The first-order chi connectivity index (χ1) is 14.1. The van der Waals surface area contributed by atoms with Gasteiger partial charge in [-0.1, -0.05) is 18.2 Å². The molecule has 0 atom stereocenters. The van der Waals surface area contributed by atoms with Crippen LogP contribution >= 0.6 is 11.3 Å². The summed E-state index contributed by atoms with van der Waals surface area (Å²) in [5.41, 5.74) is 1.58. The van der Waals surface area contributed by atoms with Crippen molar-refractivity contribution in [2.75, 3.05) is 38.2 Å². The largest absolute Gasteiger partial charge is 0.497 e. The second kappa shape index (κ2) is 8.61. The molecule has 1 aliphatic rings. The van der Waals surface area contributed by atoms with E-state index in [1.165, 1.54) is 17.4 Å². The zero-order chi connectivity index (χ0) is 20.2. The molecule has 0 N–H and O–H groups in total. The van der Waals surface area contributed by atoms with Crippen LogP contribution in [0.1, 0.15) is 4.88 Å². The maximum absolute atomic E-state index is 13.9. The lowest BCUT2D eigenvalue weighted by Gasteiger charge is -2.36. The van der Waals surface area contributed by atoms with Gasteiger partial charge in [-0.05, 0) is 24.3 Å². The molecule has 1 saturated heterocycles. The molecular weight excluding hydrogens is 389 g/mol. The Hall–Kier alpha value is -2.93. The number of hydrogen-bond acceptors (Lipinski definition) is 5. The number of hydrogen-bond donors (Lipinski definition) is 0. The van der Waals surface area contributed by atoms with E-state index < -0.39 is 0 Å². The first-order valence-electron chi connectivity index (χ1n) is 9.50. The van der Waals surface area contributed by atoms with Crippen molar-refractivity contribution in [1.82, 2.24) is 9.88 Å². The summed E-state index contributed by atoms with van der Waals surface area (Å²) in [5.74, 6) is 0.615. The molecule has 2 heterocycles. The summed E-state index contributed by atoms with van der Waals surface area (Å²) in [6.07, 6.45) is 1.97. The lowest BCUT2D eigenvalue weighted by Crippen LogP contribution is -2.49. The first kappa shape index (κ1) is 19.4. The van der Waals surface area contributed by atoms with Crippen LogP contribution in [0.5, 0.6) is 5.75 Å². The third-order valence-electron chi connectivity index (χ3n) is 5.03. The van der Waals surface area contributed by atoms with E-state index in [4.69, 9.17) is 4.74 Å². The maximum Gasteiger partial charge on any atom is 0.228 e. The van der Waals surface area contributed by atoms with Crippen LogP contribution in [0.4, 0.5) is 10.1 Å². The van der Waals surface area contributed by atoms with Gasteiger partial charge in [-0.15, -0.1) is 11.3 Å². The number of amides is 1. The molecule has 5 nitrogen and oxygen atoms in total. The second-order valence-corrected chi connectivity index (χ2v) is 7.97. The third kappa shape index (κ3) is 4.40. The molecule has 1 aliphatic heterocycles. The van der Waals surface area contributed by atoms with E-state index in [1.807, 2.05) is 23.1 Å². The predicted octanol–water partition coefficient (Wildman–Crippen LogP) is 3.85. The molecule has 150 valence electrons. The Bertz CT molecular complexity index is 999. The van der Waals surface area contributed by atoms with Crippen LogP contribution in [-0.2, 0) is 11.2 Å². The number of thiazole rings is 1. The number of methoxy groups -OCH3 is 1. The Labute approximate surface area is 173 Å². The van der Waals surface area contributed by atoms with E-state index in [0.29, 0.717) is 30.1 Å². The van der Waals surface area contributed by atoms with Gasteiger partial charge in [-0.3, -0.25) is 4.79 Å². The molecule has 1 amide bonds. The number of halogens is 1. The molecular formula is C22H22FN3O2S. The van der Waals surface area contributed by atoms with E-state index >= 15 is 0 Å². The van der Waals surface area contributed by atoms with Crippen LogP contribution < -0.4 is 9.64 Å². The van der Waals surface area contributed by atoms with E-state index in [2.05, 4.69) is 16.0 Å². The minimum atomic E-state index is -0.298. The van der Waals surface area contributed by atoms with Gasteiger partial charge in [0.25, 0.3) is 0 Å². The van der Waals surface area contributed by atoms with Gasteiger partial charge in [0.1, 0.15) is 16.6 Å². The molecule has 7 heteroatoms. The number of aromatic nitrogens is 1. The number of piperazine rings is 1. The number of nitrogens with zero attached hydrogens (tertiary/aromatic N) is 3. The summed E-state index contributed by atoms with van der Waals surface area (Å²) in [6, 6.07) is 14.5. The smallest absolute Gasteiger partial charge is 0.228 e. The SMILES string of the molecule is COc1cccc(N2CCN(C(=O)Cc3cnc(-c4ccccc4F)s3)CC2)c1. The van der Waals surface area contributed by atoms with Crippen molar-refractivity contribution >= 4 is 22.9 Å². The number of benzene rings is 2. The minimum absolute atomic E-state index is 0.0824. The van der Waals surface area contributed by atoms with Crippen LogP contribution in [-0.4, -0.2) is 49.1 Å². The highest BCUT2D eigenvalue weighted by Crippen LogP contribution is 2.28. The number of rotatable bonds is 5. The van der Waals surface area contributed by atoms with Crippen molar-refractivity contribution < 1.29 is 13.9 Å². The lowest BCUT2D eigenvalue weighted by atomic mass is 10.2. The Morgan fingerprint density at radius 2 is 1.93 bits per heavy atom. The fourth-order valence-electron chi connectivity index (χ4n) is 3.43. The third-order valence-corrected chi connectivity index (χ3v) is 6.06. The Kier molecular flexibility index (Phi) is 5.76. The fraction of sp³-hybridized carbons (Fsp3) is 0.273. The number of ether oxygens (including phenoxy) is 1. The molecule has 1 fully saturated rings. The molecule has 29 heavy (non-hydrogen) atoms. The summed E-state index contributed by atoms with van der Waals surface area (Å²) in [5, 5.41) is 0.605. The molecule has 0 spiro atoms. The summed E-state index contributed by atoms with van der Waals surface area (Å²) < 4.78 is 19.2. The second-order valence-electron chi connectivity index (χ2n) is 6.86. The summed E-state index contributed by atoms with van der Waals surface area (Å²) in [4.78, 5) is 22.0. The quantitative estimate of drug-likeness (QED) is 0.640. The molecule has 4 rings (SSSR count). The molecule has 0 unspecified atom stereocenters. The van der Waals surface area contributed by atoms with E-state index in [1.54, 1.807) is 31.5 Å². The standard InChI is InChI=1S/C22H22FN3O2S/c1-28-17-6-4-5-16(13-17)25-9-11-26(12-10-25)21(27)14-18-15-24-22(29-18)19-7-2-3-8-20(19)23/h2-8,13,15H,9-12,14H2,1H3. The maximum atomic E-state index is 13.9. The van der Waals surface area contributed by atoms with E-state index in [0.717, 1.165) is 29.4 Å². The Morgan fingerprint density at radius 3 is 2.69 bits per heavy atom. The molecule has 3 aromatic rings. The normalized spacial score (nSPS) is 14.1. The van der Waals surface area contributed by atoms with Crippen molar-refractivity contribution in [3.63, 3.8) is 0 Å². The highest BCUT2D eigenvalue weighted by Gasteiger charge is 2.22. The Morgan fingerprint density at radius 1 is 1.14 bits per heavy atom. The van der Waals surface area contributed by atoms with Crippen LogP contribution in [0.3, 0.4) is 0 Å². The van der Waals surface area contributed by atoms with Gasteiger partial charge >= 0.3 is 0 Å². The lowest BCUT2D eigenvalue weighted by molar-refractivity contribution is -0.130. The van der Waals surface area contributed by atoms with Crippen molar-refractivity contribution in [3.05, 3.63) is 65.4 Å². The average molecular weight is 412 g/mol. The van der Waals surface area contributed by atoms with Crippen LogP contribution in [0.2, 0.25) is 0 Å². The average Bonchev–Trinajstić information content (AvgIpc) is 3.22. The van der Waals surface area contributed by atoms with Gasteiger partial charge in [-0.25, -0.2) is 9.37 Å². The van der Waals surface area contributed by atoms with Gasteiger partial charge in [-0.2, -0.15) is 0 Å². The van der Waals surface area contributed by atoms with Crippen molar-refractivity contribution in [2.24, 2.45) is 0 Å². The highest BCUT2D eigenvalue weighted by molar-refractivity contribution is 7.15. The van der Waals surface area contributed by atoms with Crippen molar-refractivity contribution in [1.29, 1.82) is 0 Å². The first-order valence-corrected chi connectivity index (χ1v) is 10.3.